The van der Waals surface area contributed by atoms with Gasteiger partial charge in [-0.2, -0.15) is 0 Å². The molecule has 0 spiro atoms. The van der Waals surface area contributed by atoms with E-state index in [-0.39, 0.29) is 11.2 Å². The molecule has 1 N–H and O–H groups in total. The third-order valence-corrected chi connectivity index (χ3v) is 5.79. The second kappa shape index (κ2) is 7.01. The van der Waals surface area contributed by atoms with Crippen LogP contribution in [-0.2, 0) is 11.2 Å². The van der Waals surface area contributed by atoms with E-state index in [0.717, 1.165) is 34.1 Å². The number of amides is 1. The van der Waals surface area contributed by atoms with Crippen molar-refractivity contribution >= 4 is 39.3 Å². The summed E-state index contributed by atoms with van der Waals surface area (Å²) in [5, 5.41) is 11.3. The third kappa shape index (κ3) is 3.48. The molecule has 0 bridgehead atoms. The molecule has 25 heavy (non-hydrogen) atoms. The highest BCUT2D eigenvalue weighted by molar-refractivity contribution is 9.10. The molecule has 0 fully saturated rings. The summed E-state index contributed by atoms with van der Waals surface area (Å²) in [5.41, 5.74) is 2.87. The first-order chi connectivity index (χ1) is 12.2. The molecule has 3 aromatic rings. The average molecular weight is 416 g/mol. The number of hydrogen-bond donors (Lipinski definition) is 1. The standard InChI is InChI=1S/C18H14BrN3O2S/c19-13-7-3-2-6-12(13)17-21-22-18(24-17)25-15-10-9-11-5-1-4-8-14(11)20-16(15)23/h1-8,15H,9-10H2,(H,20,23). The predicted molar refractivity (Wildman–Crippen MR) is 100 cm³/mol. The van der Waals surface area contributed by atoms with Crippen molar-refractivity contribution < 1.29 is 9.21 Å². The molecule has 2 heterocycles. The number of aryl methyl sites for hydroxylation is 1. The fourth-order valence-electron chi connectivity index (χ4n) is 2.73. The van der Waals surface area contributed by atoms with E-state index in [2.05, 4.69) is 31.4 Å². The van der Waals surface area contributed by atoms with Gasteiger partial charge < -0.3 is 9.73 Å². The fourth-order valence-corrected chi connectivity index (χ4v) is 4.04. The van der Waals surface area contributed by atoms with E-state index in [1.54, 1.807) is 0 Å². The monoisotopic (exact) mass is 415 g/mol. The lowest BCUT2D eigenvalue weighted by Gasteiger charge is -2.09. The lowest BCUT2D eigenvalue weighted by atomic mass is 10.1. The van der Waals surface area contributed by atoms with E-state index in [9.17, 15) is 4.79 Å². The maximum atomic E-state index is 12.5. The molecule has 0 radical (unpaired) electrons. The summed E-state index contributed by atoms with van der Waals surface area (Å²) >= 11 is 4.79. The largest absolute Gasteiger partial charge is 0.411 e. The first-order valence-electron chi connectivity index (χ1n) is 7.84. The van der Waals surface area contributed by atoms with Crippen molar-refractivity contribution in [2.45, 2.75) is 23.3 Å². The number of anilines is 1. The zero-order valence-electron chi connectivity index (χ0n) is 13.1. The second-order valence-corrected chi connectivity index (χ2v) is 7.65. The van der Waals surface area contributed by atoms with Gasteiger partial charge in [0.05, 0.1) is 10.8 Å². The predicted octanol–water partition coefficient (Wildman–Crippen LogP) is 4.54. The third-order valence-electron chi connectivity index (χ3n) is 4.00. The summed E-state index contributed by atoms with van der Waals surface area (Å²) in [4.78, 5) is 12.5. The zero-order valence-corrected chi connectivity index (χ0v) is 15.5. The van der Waals surface area contributed by atoms with E-state index >= 15 is 0 Å². The highest BCUT2D eigenvalue weighted by atomic mass is 79.9. The van der Waals surface area contributed by atoms with Crippen molar-refractivity contribution in [2.24, 2.45) is 0 Å². The average Bonchev–Trinajstić information content (AvgIpc) is 3.01. The molecule has 0 saturated heterocycles. The highest BCUT2D eigenvalue weighted by Crippen LogP contribution is 2.33. The zero-order chi connectivity index (χ0) is 17.2. The van der Waals surface area contributed by atoms with Gasteiger partial charge in [-0.25, -0.2) is 0 Å². The van der Waals surface area contributed by atoms with E-state index in [1.165, 1.54) is 11.8 Å². The van der Waals surface area contributed by atoms with E-state index in [0.29, 0.717) is 11.1 Å². The molecule has 126 valence electrons. The minimum Gasteiger partial charge on any atom is -0.411 e. The molecule has 1 unspecified atom stereocenters. The lowest BCUT2D eigenvalue weighted by Crippen LogP contribution is -2.23. The molecule has 1 aromatic heterocycles. The van der Waals surface area contributed by atoms with E-state index in [1.807, 2.05) is 48.5 Å². The lowest BCUT2D eigenvalue weighted by molar-refractivity contribution is -0.115. The number of para-hydroxylation sites is 1. The van der Waals surface area contributed by atoms with Crippen LogP contribution in [0, 0.1) is 0 Å². The van der Waals surface area contributed by atoms with E-state index in [4.69, 9.17) is 4.42 Å². The molecular formula is C18H14BrN3O2S. The SMILES string of the molecule is O=C1Nc2ccccc2CCC1Sc1nnc(-c2ccccc2Br)o1. The molecule has 7 heteroatoms. The molecule has 1 aliphatic rings. The summed E-state index contributed by atoms with van der Waals surface area (Å²) in [5.74, 6) is 0.405. The minimum atomic E-state index is -0.264. The molecule has 4 rings (SSSR count). The topological polar surface area (TPSA) is 68.0 Å². The van der Waals surface area contributed by atoms with Crippen molar-refractivity contribution in [1.29, 1.82) is 0 Å². The smallest absolute Gasteiger partial charge is 0.277 e. The van der Waals surface area contributed by atoms with Gasteiger partial charge >= 0.3 is 0 Å². The van der Waals surface area contributed by atoms with Gasteiger partial charge in [-0.3, -0.25) is 4.79 Å². The van der Waals surface area contributed by atoms with Crippen LogP contribution in [0.25, 0.3) is 11.5 Å². The Kier molecular flexibility index (Phi) is 4.59. The summed E-state index contributed by atoms with van der Waals surface area (Å²) in [7, 11) is 0. The van der Waals surface area contributed by atoms with Crippen LogP contribution < -0.4 is 5.32 Å². The quantitative estimate of drug-likeness (QED) is 0.679. The fraction of sp³-hybridized carbons (Fsp3) is 0.167. The van der Waals surface area contributed by atoms with Crippen LogP contribution in [0.4, 0.5) is 5.69 Å². The summed E-state index contributed by atoms with van der Waals surface area (Å²) in [6.45, 7) is 0. The first kappa shape index (κ1) is 16.4. The number of aromatic nitrogens is 2. The van der Waals surface area contributed by atoms with Gasteiger partial charge in [0.2, 0.25) is 11.8 Å². The van der Waals surface area contributed by atoms with Crippen molar-refractivity contribution in [3.05, 3.63) is 58.6 Å². The maximum absolute atomic E-state index is 12.5. The van der Waals surface area contributed by atoms with Crippen LogP contribution in [0.1, 0.15) is 12.0 Å². The number of thioether (sulfide) groups is 1. The van der Waals surface area contributed by atoms with Gasteiger partial charge in [-0.05, 0) is 52.5 Å². The van der Waals surface area contributed by atoms with Crippen LogP contribution in [0.5, 0.6) is 0 Å². The molecule has 2 aromatic carbocycles. The molecular weight excluding hydrogens is 402 g/mol. The number of carbonyl (C=O) groups is 1. The second-order valence-electron chi connectivity index (χ2n) is 5.64. The van der Waals surface area contributed by atoms with Gasteiger partial charge in [-0.1, -0.05) is 42.1 Å². The van der Waals surface area contributed by atoms with Gasteiger partial charge in [0, 0.05) is 10.2 Å². The number of benzene rings is 2. The van der Waals surface area contributed by atoms with Crippen LogP contribution in [0.15, 0.2) is 62.6 Å². The van der Waals surface area contributed by atoms with Crippen molar-refractivity contribution in [3.63, 3.8) is 0 Å². The minimum absolute atomic E-state index is 0.0319. The van der Waals surface area contributed by atoms with Gasteiger partial charge in [0.1, 0.15) is 0 Å². The molecule has 0 aliphatic carbocycles. The van der Waals surface area contributed by atoms with Crippen LogP contribution in [0.3, 0.4) is 0 Å². The van der Waals surface area contributed by atoms with Crippen LogP contribution >= 0.6 is 27.7 Å². The summed E-state index contributed by atoms with van der Waals surface area (Å²) < 4.78 is 6.64. The highest BCUT2D eigenvalue weighted by Gasteiger charge is 2.26. The number of nitrogens with one attached hydrogen (secondary N) is 1. The van der Waals surface area contributed by atoms with Crippen molar-refractivity contribution in [2.75, 3.05) is 5.32 Å². The van der Waals surface area contributed by atoms with Gasteiger partial charge in [0.15, 0.2) is 0 Å². The Bertz CT molecular complexity index is 928. The molecule has 1 aliphatic heterocycles. The number of rotatable bonds is 3. The van der Waals surface area contributed by atoms with E-state index < -0.39 is 0 Å². The van der Waals surface area contributed by atoms with Gasteiger partial charge in [-0.15, -0.1) is 10.2 Å². The summed E-state index contributed by atoms with van der Waals surface area (Å²) in [6, 6.07) is 15.5. The first-order valence-corrected chi connectivity index (χ1v) is 9.52. The Morgan fingerprint density at radius 1 is 1.12 bits per heavy atom. The van der Waals surface area contributed by atoms with Crippen LogP contribution in [0.2, 0.25) is 0 Å². The normalized spacial score (nSPS) is 16.8. The Balaban J connectivity index is 1.52. The Labute approximate surface area is 157 Å². The van der Waals surface area contributed by atoms with Crippen LogP contribution in [-0.4, -0.2) is 21.4 Å². The Morgan fingerprint density at radius 3 is 2.80 bits per heavy atom. The number of hydrogen-bond acceptors (Lipinski definition) is 5. The number of nitrogens with zero attached hydrogens (tertiary/aromatic N) is 2. The maximum Gasteiger partial charge on any atom is 0.277 e. The van der Waals surface area contributed by atoms with Gasteiger partial charge in [0.25, 0.3) is 5.22 Å². The molecule has 1 atom stereocenters. The number of fused-ring (bicyclic) bond motifs is 1. The summed E-state index contributed by atoms with van der Waals surface area (Å²) in [6.07, 6.45) is 1.55. The van der Waals surface area contributed by atoms with Crippen molar-refractivity contribution in [3.8, 4) is 11.5 Å². The van der Waals surface area contributed by atoms with Crippen molar-refractivity contribution in [1.82, 2.24) is 10.2 Å². The molecule has 1 amide bonds. The Morgan fingerprint density at radius 2 is 1.92 bits per heavy atom. The number of carbonyl (C=O) groups excluding carboxylic acids is 1. The molecule has 0 saturated carbocycles. The number of halogens is 1. The Hall–Kier alpha value is -2.12. The molecule has 5 nitrogen and oxygen atoms in total.